The van der Waals surface area contributed by atoms with Crippen LogP contribution in [0, 0.1) is 0 Å². The largest absolute Gasteiger partial charge is 0.495 e. The number of halogens is 4. The molecule has 1 saturated heterocycles. The fraction of sp³-hybridized carbons (Fsp3) is 0.435. The number of ether oxygens (including phenoxy) is 3. The molecule has 1 aromatic carbocycles. The van der Waals surface area contributed by atoms with Crippen LogP contribution in [0.15, 0.2) is 18.3 Å². The maximum Gasteiger partial charge on any atom is 0.252 e. The van der Waals surface area contributed by atoms with Crippen molar-refractivity contribution in [2.75, 3.05) is 38.1 Å². The Kier molecular flexibility index (Phi) is 6.45. The number of nitrogens with zero attached hydrogens (tertiary/aromatic N) is 3. The summed E-state index contributed by atoms with van der Waals surface area (Å²) in [4.78, 5) is 13.8. The lowest BCUT2D eigenvalue weighted by Crippen LogP contribution is -2.44. The van der Waals surface area contributed by atoms with Gasteiger partial charge in [0.05, 0.1) is 42.6 Å². The molecule has 0 amide bonds. The van der Waals surface area contributed by atoms with Gasteiger partial charge in [-0.1, -0.05) is 23.2 Å². The van der Waals surface area contributed by atoms with E-state index in [1.54, 1.807) is 18.3 Å². The van der Waals surface area contributed by atoms with Gasteiger partial charge >= 0.3 is 0 Å². The van der Waals surface area contributed by atoms with Crippen LogP contribution in [0.2, 0.25) is 10.0 Å². The number of methoxy groups -OCH3 is 2. The smallest absolute Gasteiger partial charge is 0.252 e. The molecule has 0 radical (unpaired) electrons. The SMILES string of the molecule is COc1cc(OC)c(Cl)c(-c2cc3cnc(NC4CCOC4)nc3c(NC3CC(F)(F)C3)n2)c1Cl. The molecule has 2 aliphatic rings. The summed E-state index contributed by atoms with van der Waals surface area (Å²) in [6.07, 6.45) is 1.91. The van der Waals surface area contributed by atoms with Crippen LogP contribution in [0.3, 0.4) is 0 Å². The second-order valence-corrected chi connectivity index (χ2v) is 9.34. The molecule has 1 aliphatic carbocycles. The highest BCUT2D eigenvalue weighted by Crippen LogP contribution is 2.46. The third kappa shape index (κ3) is 4.74. The second kappa shape index (κ2) is 9.40. The van der Waals surface area contributed by atoms with Gasteiger partial charge < -0.3 is 24.8 Å². The molecule has 2 aromatic heterocycles. The molecule has 2 N–H and O–H groups in total. The predicted octanol–water partition coefficient (Wildman–Crippen LogP) is 5.43. The van der Waals surface area contributed by atoms with Crippen LogP contribution < -0.4 is 20.1 Å². The zero-order valence-electron chi connectivity index (χ0n) is 19.0. The van der Waals surface area contributed by atoms with Gasteiger partial charge in [0.2, 0.25) is 5.95 Å². The lowest BCUT2D eigenvalue weighted by Gasteiger charge is -2.35. The first-order chi connectivity index (χ1) is 16.8. The monoisotopic (exact) mass is 525 g/mol. The van der Waals surface area contributed by atoms with Crippen molar-refractivity contribution in [1.82, 2.24) is 15.0 Å². The summed E-state index contributed by atoms with van der Waals surface area (Å²) in [6, 6.07) is 2.97. The van der Waals surface area contributed by atoms with Crippen LogP contribution in [-0.2, 0) is 4.74 Å². The van der Waals surface area contributed by atoms with Crippen molar-refractivity contribution in [1.29, 1.82) is 0 Å². The Morgan fingerprint density at radius 3 is 2.34 bits per heavy atom. The van der Waals surface area contributed by atoms with Crippen molar-refractivity contribution in [3.05, 3.63) is 28.4 Å². The molecule has 3 heterocycles. The third-order valence-electron chi connectivity index (χ3n) is 6.09. The van der Waals surface area contributed by atoms with Crippen LogP contribution >= 0.6 is 23.2 Å². The lowest BCUT2D eigenvalue weighted by atomic mass is 9.88. The highest BCUT2D eigenvalue weighted by molar-refractivity contribution is 6.41. The highest BCUT2D eigenvalue weighted by Gasteiger charge is 2.45. The Labute approximate surface area is 210 Å². The third-order valence-corrected chi connectivity index (χ3v) is 6.84. The summed E-state index contributed by atoms with van der Waals surface area (Å²) in [6.45, 7) is 1.24. The first kappa shape index (κ1) is 24.0. The van der Waals surface area contributed by atoms with Gasteiger partial charge in [-0.05, 0) is 12.5 Å². The van der Waals surface area contributed by atoms with E-state index in [4.69, 9.17) is 42.4 Å². The molecule has 1 unspecified atom stereocenters. The first-order valence-corrected chi connectivity index (χ1v) is 11.8. The molecule has 1 saturated carbocycles. The predicted molar refractivity (Wildman–Crippen MR) is 130 cm³/mol. The lowest BCUT2D eigenvalue weighted by molar-refractivity contribution is -0.0793. The highest BCUT2D eigenvalue weighted by atomic mass is 35.5. The number of hydrogen-bond donors (Lipinski definition) is 2. The minimum atomic E-state index is -2.69. The molecule has 12 heteroatoms. The Morgan fingerprint density at radius 1 is 1.03 bits per heavy atom. The number of anilines is 2. The molecule has 0 spiro atoms. The van der Waals surface area contributed by atoms with E-state index in [2.05, 4.69) is 20.6 Å². The van der Waals surface area contributed by atoms with Crippen molar-refractivity contribution in [3.8, 4) is 22.8 Å². The number of rotatable bonds is 7. The fourth-order valence-corrected chi connectivity index (χ4v) is 4.93. The average Bonchev–Trinajstić information content (AvgIpc) is 3.31. The van der Waals surface area contributed by atoms with E-state index in [9.17, 15) is 8.78 Å². The van der Waals surface area contributed by atoms with E-state index in [-0.39, 0.29) is 28.9 Å². The average molecular weight is 526 g/mol. The molecule has 186 valence electrons. The quantitative estimate of drug-likeness (QED) is 0.422. The maximum absolute atomic E-state index is 13.5. The normalized spacial score (nSPS) is 19.4. The number of alkyl halides is 2. The number of benzene rings is 1. The topological polar surface area (TPSA) is 90.4 Å². The molecule has 0 bridgehead atoms. The second-order valence-electron chi connectivity index (χ2n) is 8.58. The van der Waals surface area contributed by atoms with Crippen LogP contribution in [0.4, 0.5) is 20.5 Å². The first-order valence-electron chi connectivity index (χ1n) is 11.0. The minimum Gasteiger partial charge on any atom is -0.495 e. The Morgan fingerprint density at radius 2 is 1.74 bits per heavy atom. The Hall–Kier alpha value is -2.69. The van der Waals surface area contributed by atoms with E-state index in [0.717, 1.165) is 6.42 Å². The minimum absolute atomic E-state index is 0.100. The Bertz CT molecular complexity index is 1240. The molecule has 35 heavy (non-hydrogen) atoms. The van der Waals surface area contributed by atoms with Crippen molar-refractivity contribution >= 4 is 45.9 Å². The Balaban J connectivity index is 1.62. The summed E-state index contributed by atoms with van der Waals surface area (Å²) in [7, 11) is 2.96. The molecular weight excluding hydrogens is 503 g/mol. The van der Waals surface area contributed by atoms with Crippen molar-refractivity contribution < 1.29 is 23.0 Å². The number of hydrogen-bond acceptors (Lipinski definition) is 8. The molecule has 8 nitrogen and oxygen atoms in total. The summed E-state index contributed by atoms with van der Waals surface area (Å²) >= 11 is 13.2. The fourth-order valence-electron chi connectivity index (χ4n) is 4.24. The number of fused-ring (bicyclic) bond motifs is 1. The van der Waals surface area contributed by atoms with Crippen LogP contribution in [0.1, 0.15) is 19.3 Å². The van der Waals surface area contributed by atoms with Crippen LogP contribution in [0.25, 0.3) is 22.2 Å². The molecule has 1 aliphatic heterocycles. The number of pyridine rings is 1. The van der Waals surface area contributed by atoms with Crippen molar-refractivity contribution in [3.63, 3.8) is 0 Å². The molecule has 2 fully saturated rings. The molecule has 1 atom stereocenters. The van der Waals surface area contributed by atoms with Gasteiger partial charge in [0.1, 0.15) is 17.0 Å². The van der Waals surface area contributed by atoms with E-state index < -0.39 is 12.0 Å². The molecule has 5 rings (SSSR count). The van der Waals surface area contributed by atoms with Gasteiger partial charge in [0, 0.05) is 48.7 Å². The number of aromatic nitrogens is 3. The van der Waals surface area contributed by atoms with Crippen molar-refractivity contribution in [2.45, 2.75) is 37.3 Å². The maximum atomic E-state index is 13.5. The molecule has 3 aromatic rings. The van der Waals surface area contributed by atoms with E-state index in [1.165, 1.54) is 14.2 Å². The van der Waals surface area contributed by atoms with Gasteiger partial charge in [-0.2, -0.15) is 0 Å². The molecular formula is C23H23Cl2F2N5O3. The standard InChI is InChI=1S/C23H23Cl2F2N5O3/c1-33-15-6-16(34-2)19(25)17(18(15)24)14-5-11-9-28-22(30-12-3-4-35-10-12)32-20(11)21(31-14)29-13-7-23(26,27)8-13/h5-6,9,12-13H,3-4,7-8,10H2,1-2H3,(H,29,31)(H,28,30,32). The summed E-state index contributed by atoms with van der Waals surface area (Å²) in [5.41, 5.74) is 1.27. The zero-order valence-corrected chi connectivity index (χ0v) is 20.5. The zero-order chi connectivity index (χ0) is 24.7. The van der Waals surface area contributed by atoms with Crippen LogP contribution in [-0.4, -0.2) is 60.4 Å². The van der Waals surface area contributed by atoms with Gasteiger partial charge in [0.15, 0.2) is 5.82 Å². The van der Waals surface area contributed by atoms with E-state index in [1.807, 2.05) is 0 Å². The van der Waals surface area contributed by atoms with Crippen LogP contribution in [0.5, 0.6) is 11.5 Å². The van der Waals surface area contributed by atoms with E-state index in [0.29, 0.717) is 58.6 Å². The summed E-state index contributed by atoms with van der Waals surface area (Å²) < 4.78 is 43.2. The van der Waals surface area contributed by atoms with Crippen molar-refractivity contribution in [2.24, 2.45) is 0 Å². The van der Waals surface area contributed by atoms with Gasteiger partial charge in [-0.25, -0.2) is 23.7 Å². The van der Waals surface area contributed by atoms with Gasteiger partial charge in [0.25, 0.3) is 5.92 Å². The van der Waals surface area contributed by atoms with E-state index >= 15 is 0 Å². The summed E-state index contributed by atoms with van der Waals surface area (Å²) in [5, 5.41) is 7.49. The summed E-state index contributed by atoms with van der Waals surface area (Å²) in [5.74, 6) is -1.24. The van der Waals surface area contributed by atoms with Gasteiger partial charge in [-0.3, -0.25) is 0 Å². The number of nitrogens with one attached hydrogen (secondary N) is 2. The van der Waals surface area contributed by atoms with Gasteiger partial charge in [-0.15, -0.1) is 0 Å².